The van der Waals surface area contributed by atoms with E-state index in [9.17, 15) is 4.79 Å². The molecule has 0 atom stereocenters. The van der Waals surface area contributed by atoms with Gasteiger partial charge in [-0.05, 0) is 6.07 Å². The minimum absolute atomic E-state index is 0.250. The van der Waals surface area contributed by atoms with Crippen LogP contribution in [0.25, 0.3) is 11.0 Å². The van der Waals surface area contributed by atoms with Gasteiger partial charge in [-0.15, -0.1) is 0 Å². The monoisotopic (exact) mass is 221 g/mol. The molecule has 3 nitrogen and oxygen atoms in total. The molecular formula is C11H11NO2S. The Morgan fingerprint density at radius 2 is 2.20 bits per heavy atom. The van der Waals surface area contributed by atoms with Crippen LogP contribution < -0.4 is 0 Å². The van der Waals surface area contributed by atoms with E-state index in [1.807, 2.05) is 24.3 Å². The number of thiol groups is 1. The molecule has 0 radical (unpaired) electrons. The molecule has 1 heterocycles. The van der Waals surface area contributed by atoms with Crippen LogP contribution in [0.5, 0.6) is 0 Å². The zero-order valence-electron chi connectivity index (χ0n) is 8.30. The van der Waals surface area contributed by atoms with Crippen LogP contribution in [0.4, 0.5) is 4.79 Å². The molecule has 0 bridgehead atoms. The number of hydrogen-bond acceptors (Lipinski definition) is 2. The topological polar surface area (TPSA) is 33.5 Å². The molecular weight excluding hydrogens is 210 g/mol. The number of hydrogen-bond donors (Lipinski definition) is 1. The van der Waals surface area contributed by atoms with Crippen molar-refractivity contribution in [3.8, 4) is 0 Å². The average molecular weight is 221 g/mol. The Morgan fingerprint density at radius 1 is 1.47 bits per heavy atom. The van der Waals surface area contributed by atoms with Crippen molar-refractivity contribution in [3.05, 3.63) is 36.1 Å². The largest absolute Gasteiger partial charge is 0.464 e. The molecule has 0 aliphatic carbocycles. The molecule has 1 amide bonds. The summed E-state index contributed by atoms with van der Waals surface area (Å²) in [7, 11) is 1.71. The number of furan rings is 1. The summed E-state index contributed by atoms with van der Waals surface area (Å²) >= 11 is 3.75. The first-order chi connectivity index (χ1) is 7.18. The Bertz CT molecular complexity index is 492. The molecule has 0 fully saturated rings. The maximum atomic E-state index is 11.0. The summed E-state index contributed by atoms with van der Waals surface area (Å²) in [5.74, 6) is 0. The molecule has 78 valence electrons. The summed E-state index contributed by atoms with van der Waals surface area (Å²) in [6, 6.07) is 7.75. The SMILES string of the molecule is CN(Cc1coc2ccccc12)C(=O)S. The molecule has 4 heteroatoms. The maximum absolute atomic E-state index is 11.0. The zero-order chi connectivity index (χ0) is 10.8. The van der Waals surface area contributed by atoms with E-state index in [-0.39, 0.29) is 5.24 Å². The van der Waals surface area contributed by atoms with Crippen molar-refractivity contribution in [2.75, 3.05) is 7.05 Å². The van der Waals surface area contributed by atoms with Crippen LogP contribution in [-0.4, -0.2) is 17.2 Å². The highest BCUT2D eigenvalue weighted by Crippen LogP contribution is 2.21. The highest BCUT2D eigenvalue weighted by Gasteiger charge is 2.09. The average Bonchev–Trinajstić information content (AvgIpc) is 2.62. The van der Waals surface area contributed by atoms with Gasteiger partial charge in [0.1, 0.15) is 5.58 Å². The Balaban J connectivity index is 2.32. The van der Waals surface area contributed by atoms with Crippen molar-refractivity contribution in [2.45, 2.75) is 6.54 Å². The molecule has 0 aliphatic rings. The lowest BCUT2D eigenvalue weighted by Gasteiger charge is -2.12. The van der Waals surface area contributed by atoms with Crippen molar-refractivity contribution in [3.63, 3.8) is 0 Å². The van der Waals surface area contributed by atoms with Crippen LogP contribution in [0.3, 0.4) is 0 Å². The molecule has 2 rings (SSSR count). The first kappa shape index (κ1) is 10.1. The Hall–Kier alpha value is -1.42. The van der Waals surface area contributed by atoms with Crippen molar-refractivity contribution in [1.29, 1.82) is 0 Å². The van der Waals surface area contributed by atoms with Gasteiger partial charge < -0.3 is 9.32 Å². The van der Waals surface area contributed by atoms with Gasteiger partial charge in [0.2, 0.25) is 0 Å². The highest BCUT2D eigenvalue weighted by atomic mass is 32.1. The Kier molecular flexibility index (Phi) is 2.68. The van der Waals surface area contributed by atoms with E-state index >= 15 is 0 Å². The lowest BCUT2D eigenvalue weighted by Crippen LogP contribution is -2.19. The predicted octanol–water partition coefficient (Wildman–Crippen LogP) is 2.91. The van der Waals surface area contributed by atoms with Gasteiger partial charge in [-0.1, -0.05) is 30.8 Å². The smallest absolute Gasteiger partial charge is 0.278 e. The van der Waals surface area contributed by atoms with Gasteiger partial charge in [0.15, 0.2) is 0 Å². The van der Waals surface area contributed by atoms with Crippen molar-refractivity contribution in [1.82, 2.24) is 4.90 Å². The molecule has 0 N–H and O–H groups in total. The predicted molar refractivity (Wildman–Crippen MR) is 62.1 cm³/mol. The number of rotatable bonds is 2. The van der Waals surface area contributed by atoms with Gasteiger partial charge in [-0.25, -0.2) is 0 Å². The van der Waals surface area contributed by atoms with E-state index in [4.69, 9.17) is 4.42 Å². The summed E-state index contributed by atoms with van der Waals surface area (Å²) in [4.78, 5) is 12.5. The summed E-state index contributed by atoms with van der Waals surface area (Å²) in [5.41, 5.74) is 1.84. The minimum Gasteiger partial charge on any atom is -0.464 e. The van der Waals surface area contributed by atoms with Crippen LogP contribution in [0.15, 0.2) is 34.9 Å². The van der Waals surface area contributed by atoms with E-state index < -0.39 is 0 Å². The molecule has 1 aromatic carbocycles. The van der Waals surface area contributed by atoms with E-state index in [0.717, 1.165) is 16.5 Å². The normalized spacial score (nSPS) is 10.5. The highest BCUT2D eigenvalue weighted by molar-refractivity contribution is 7.96. The van der Waals surface area contributed by atoms with Crippen LogP contribution in [-0.2, 0) is 6.54 Å². The van der Waals surface area contributed by atoms with Gasteiger partial charge in [0.25, 0.3) is 5.24 Å². The number of fused-ring (bicyclic) bond motifs is 1. The molecule has 0 unspecified atom stereocenters. The molecule has 0 aliphatic heterocycles. The molecule has 15 heavy (non-hydrogen) atoms. The minimum atomic E-state index is -0.250. The van der Waals surface area contributed by atoms with Crippen molar-refractivity contribution >= 4 is 28.8 Å². The number of carbonyl (C=O) groups is 1. The molecule has 2 aromatic rings. The molecule has 0 saturated carbocycles. The summed E-state index contributed by atoms with van der Waals surface area (Å²) in [5, 5.41) is 0.791. The van der Waals surface area contributed by atoms with Crippen LogP contribution in [0.1, 0.15) is 5.56 Å². The van der Waals surface area contributed by atoms with Crippen LogP contribution in [0.2, 0.25) is 0 Å². The summed E-state index contributed by atoms with van der Waals surface area (Å²) in [6.45, 7) is 0.513. The first-order valence-electron chi connectivity index (χ1n) is 4.57. The number of nitrogens with zero attached hydrogens (tertiary/aromatic N) is 1. The maximum Gasteiger partial charge on any atom is 0.278 e. The van der Waals surface area contributed by atoms with E-state index in [0.29, 0.717) is 6.54 Å². The van der Waals surface area contributed by atoms with Crippen molar-refractivity contribution in [2.24, 2.45) is 0 Å². The summed E-state index contributed by atoms with van der Waals surface area (Å²) in [6.07, 6.45) is 1.68. The lowest BCUT2D eigenvalue weighted by atomic mass is 10.2. The number of carbonyl (C=O) groups excluding carboxylic acids is 1. The zero-order valence-corrected chi connectivity index (χ0v) is 9.20. The third-order valence-electron chi connectivity index (χ3n) is 2.30. The van der Waals surface area contributed by atoms with Crippen LogP contribution >= 0.6 is 12.6 Å². The Morgan fingerprint density at radius 3 is 2.93 bits per heavy atom. The van der Waals surface area contributed by atoms with E-state index in [2.05, 4.69) is 12.6 Å². The first-order valence-corrected chi connectivity index (χ1v) is 5.02. The summed E-state index contributed by atoms with van der Waals surface area (Å²) < 4.78 is 5.37. The fourth-order valence-corrected chi connectivity index (χ4v) is 1.55. The molecule has 0 saturated heterocycles. The van der Waals surface area contributed by atoms with Gasteiger partial charge in [-0.2, -0.15) is 0 Å². The number of para-hydroxylation sites is 1. The second-order valence-electron chi connectivity index (χ2n) is 3.40. The standard InChI is InChI=1S/C11H11NO2S/c1-12(11(13)15)6-8-7-14-10-5-3-2-4-9(8)10/h2-5,7H,6H2,1H3,(H,13,15). The van der Waals surface area contributed by atoms with E-state index in [1.54, 1.807) is 13.3 Å². The van der Waals surface area contributed by atoms with E-state index in [1.165, 1.54) is 4.90 Å². The fourth-order valence-electron chi connectivity index (χ4n) is 1.48. The second-order valence-corrected chi connectivity index (χ2v) is 3.78. The Labute approximate surface area is 93.1 Å². The van der Waals surface area contributed by atoms with Gasteiger partial charge in [-0.3, -0.25) is 4.79 Å². The molecule has 1 aromatic heterocycles. The third-order valence-corrected chi connectivity index (χ3v) is 2.64. The lowest BCUT2D eigenvalue weighted by molar-refractivity contribution is 0.232. The van der Waals surface area contributed by atoms with Gasteiger partial charge in [0.05, 0.1) is 6.26 Å². The van der Waals surface area contributed by atoms with Crippen molar-refractivity contribution < 1.29 is 9.21 Å². The number of benzene rings is 1. The van der Waals surface area contributed by atoms with Gasteiger partial charge in [0, 0.05) is 24.5 Å². The number of amides is 1. The molecule has 0 spiro atoms. The van der Waals surface area contributed by atoms with Gasteiger partial charge >= 0.3 is 0 Å². The fraction of sp³-hybridized carbons (Fsp3) is 0.182. The third kappa shape index (κ3) is 1.99. The second kappa shape index (κ2) is 3.98. The quantitative estimate of drug-likeness (QED) is 0.791. The van der Waals surface area contributed by atoms with Crippen LogP contribution in [0, 0.1) is 0 Å².